The molecule has 1 aliphatic rings. The first kappa shape index (κ1) is 22.3. The second-order valence-electron chi connectivity index (χ2n) is 8.76. The Bertz CT molecular complexity index is 994. The second kappa shape index (κ2) is 10.1. The minimum atomic E-state index is -0.696. The van der Waals surface area contributed by atoms with Gasteiger partial charge in [-0.15, -0.1) is 0 Å². The van der Waals surface area contributed by atoms with Crippen LogP contribution in [0.5, 0.6) is 5.75 Å². The Kier molecular flexibility index (Phi) is 7.03. The van der Waals surface area contributed by atoms with Crippen LogP contribution < -0.4 is 4.74 Å². The number of benzene rings is 3. The summed E-state index contributed by atoms with van der Waals surface area (Å²) >= 11 is 0. The number of carbonyl (C=O) groups is 1. The minimum Gasteiger partial charge on any atom is -0.489 e. The number of hydrogen-bond donors (Lipinski definition) is 1. The van der Waals surface area contributed by atoms with Crippen LogP contribution in [0.15, 0.2) is 84.9 Å². The van der Waals surface area contributed by atoms with Crippen molar-refractivity contribution in [3.8, 4) is 5.75 Å². The van der Waals surface area contributed by atoms with Crippen molar-refractivity contribution in [3.05, 3.63) is 102 Å². The molecule has 3 aromatic rings. The summed E-state index contributed by atoms with van der Waals surface area (Å²) in [5, 5.41) is 11.0. The summed E-state index contributed by atoms with van der Waals surface area (Å²) in [6.07, 6.45) is 2.01. The second-order valence-corrected chi connectivity index (χ2v) is 8.76. The molecule has 0 radical (unpaired) electrons. The normalized spacial score (nSPS) is 16.9. The van der Waals surface area contributed by atoms with Gasteiger partial charge in [-0.05, 0) is 55.2 Å². The van der Waals surface area contributed by atoms with Crippen LogP contribution in [0.25, 0.3) is 0 Å². The highest BCUT2D eigenvalue weighted by Crippen LogP contribution is 2.28. The van der Waals surface area contributed by atoms with Crippen LogP contribution in [0.4, 0.5) is 0 Å². The van der Waals surface area contributed by atoms with Gasteiger partial charge in [0.1, 0.15) is 12.4 Å². The number of rotatable bonds is 8. The molecule has 0 saturated carbocycles. The van der Waals surface area contributed by atoms with Crippen molar-refractivity contribution in [1.29, 1.82) is 0 Å². The molecule has 4 nitrogen and oxygen atoms in total. The van der Waals surface area contributed by atoms with Crippen LogP contribution >= 0.6 is 0 Å². The van der Waals surface area contributed by atoms with Crippen LogP contribution in [0.1, 0.15) is 41.3 Å². The number of aliphatic hydroxyl groups is 1. The van der Waals surface area contributed by atoms with Crippen molar-refractivity contribution in [2.45, 2.75) is 44.4 Å². The van der Waals surface area contributed by atoms with E-state index < -0.39 is 5.60 Å². The molecule has 0 unspecified atom stereocenters. The number of hydrogen-bond acceptors (Lipinski definition) is 4. The van der Waals surface area contributed by atoms with Crippen LogP contribution in [0.2, 0.25) is 0 Å². The zero-order valence-corrected chi connectivity index (χ0v) is 18.6. The first-order valence-electron chi connectivity index (χ1n) is 11.3. The zero-order chi connectivity index (χ0) is 22.4. The van der Waals surface area contributed by atoms with E-state index in [4.69, 9.17) is 4.74 Å². The van der Waals surface area contributed by atoms with E-state index in [9.17, 15) is 9.90 Å². The van der Waals surface area contributed by atoms with Gasteiger partial charge >= 0.3 is 0 Å². The third-order valence-corrected chi connectivity index (χ3v) is 6.42. The fraction of sp³-hybridized carbons (Fsp3) is 0.321. The van der Waals surface area contributed by atoms with Gasteiger partial charge in [0.05, 0.1) is 11.6 Å². The Balaban J connectivity index is 1.30. The van der Waals surface area contributed by atoms with Gasteiger partial charge in [0.2, 0.25) is 0 Å². The average Bonchev–Trinajstić information content (AvgIpc) is 2.84. The van der Waals surface area contributed by atoms with Crippen LogP contribution in [0, 0.1) is 0 Å². The quantitative estimate of drug-likeness (QED) is 0.517. The summed E-state index contributed by atoms with van der Waals surface area (Å²) in [6.45, 7) is 3.90. The number of ketones is 1. The number of Topliss-reactive ketones (excluding diaryl/α,β-unsaturated/α-hetero) is 1. The maximum absolute atomic E-state index is 13.0. The summed E-state index contributed by atoms with van der Waals surface area (Å²) in [4.78, 5) is 15.2. The highest BCUT2D eigenvalue weighted by Gasteiger charge is 2.35. The van der Waals surface area contributed by atoms with Crippen molar-refractivity contribution in [1.82, 2.24) is 4.90 Å². The molecule has 32 heavy (non-hydrogen) atoms. The zero-order valence-electron chi connectivity index (χ0n) is 18.6. The molecule has 4 rings (SSSR count). The van der Waals surface area contributed by atoms with Crippen molar-refractivity contribution < 1.29 is 14.6 Å². The molecule has 0 aromatic heterocycles. The van der Waals surface area contributed by atoms with Gasteiger partial charge in [-0.25, -0.2) is 0 Å². The Morgan fingerprint density at radius 1 is 0.906 bits per heavy atom. The molecule has 3 aromatic carbocycles. The van der Waals surface area contributed by atoms with Gasteiger partial charge < -0.3 is 9.84 Å². The van der Waals surface area contributed by atoms with E-state index in [1.54, 1.807) is 0 Å². The van der Waals surface area contributed by atoms with E-state index in [0.29, 0.717) is 44.5 Å². The van der Waals surface area contributed by atoms with E-state index in [0.717, 1.165) is 16.9 Å². The molecular formula is C28H31NO3. The summed E-state index contributed by atoms with van der Waals surface area (Å²) in [5.41, 5.74) is 2.26. The smallest absolute Gasteiger partial charge is 0.179 e. The molecule has 0 bridgehead atoms. The van der Waals surface area contributed by atoms with Crippen LogP contribution in [-0.2, 0) is 13.0 Å². The van der Waals surface area contributed by atoms with Gasteiger partial charge in [-0.2, -0.15) is 0 Å². The lowest BCUT2D eigenvalue weighted by molar-refractivity contribution is -0.0267. The molecule has 0 amide bonds. The average molecular weight is 430 g/mol. The Hall–Kier alpha value is -2.95. The lowest BCUT2D eigenvalue weighted by Crippen LogP contribution is -2.50. The summed E-state index contributed by atoms with van der Waals surface area (Å²) in [5.74, 6) is 0.857. The predicted octanol–water partition coefficient (Wildman–Crippen LogP) is 4.91. The van der Waals surface area contributed by atoms with E-state index in [-0.39, 0.29) is 11.8 Å². The fourth-order valence-corrected chi connectivity index (χ4v) is 4.34. The molecule has 1 saturated heterocycles. The molecule has 1 atom stereocenters. The topological polar surface area (TPSA) is 49.8 Å². The first-order chi connectivity index (χ1) is 15.5. The van der Waals surface area contributed by atoms with Gasteiger partial charge in [-0.1, -0.05) is 60.7 Å². The number of nitrogens with zero attached hydrogens (tertiary/aromatic N) is 1. The van der Waals surface area contributed by atoms with E-state index in [2.05, 4.69) is 17.0 Å². The van der Waals surface area contributed by atoms with Gasteiger partial charge in [-0.3, -0.25) is 9.69 Å². The molecule has 0 aliphatic carbocycles. The Labute approximate surface area is 190 Å². The number of ether oxygens (including phenoxy) is 1. The molecular weight excluding hydrogens is 398 g/mol. The molecule has 4 heteroatoms. The molecule has 1 fully saturated rings. The van der Waals surface area contributed by atoms with Crippen molar-refractivity contribution in [2.24, 2.45) is 0 Å². The van der Waals surface area contributed by atoms with Crippen LogP contribution in [0.3, 0.4) is 0 Å². The van der Waals surface area contributed by atoms with E-state index in [1.807, 2.05) is 79.7 Å². The highest BCUT2D eigenvalue weighted by molar-refractivity contribution is 5.99. The third-order valence-electron chi connectivity index (χ3n) is 6.42. The predicted molar refractivity (Wildman–Crippen MR) is 127 cm³/mol. The lowest BCUT2D eigenvalue weighted by atomic mass is 9.84. The number of likely N-dealkylation sites (tertiary alicyclic amines) is 1. The van der Waals surface area contributed by atoms with Gasteiger partial charge in [0.15, 0.2) is 5.78 Å². The largest absolute Gasteiger partial charge is 0.489 e. The highest BCUT2D eigenvalue weighted by atomic mass is 16.5. The van der Waals surface area contributed by atoms with Crippen LogP contribution in [-0.4, -0.2) is 40.5 Å². The summed E-state index contributed by atoms with van der Waals surface area (Å²) in [7, 11) is 0. The maximum atomic E-state index is 13.0. The minimum absolute atomic E-state index is 0.105. The maximum Gasteiger partial charge on any atom is 0.179 e. The SMILES string of the molecule is C[C@@H](C(=O)c1ccc(OCc2ccccc2)cc1)N1CCC(O)(Cc2ccccc2)CC1. The molecule has 1 aliphatic heterocycles. The fourth-order valence-electron chi connectivity index (χ4n) is 4.34. The number of carbonyl (C=O) groups excluding carboxylic acids is 1. The molecule has 1 N–H and O–H groups in total. The molecule has 0 spiro atoms. The standard InChI is InChI=1S/C28H31NO3/c1-22(29-18-16-28(31,17-19-29)20-23-8-4-2-5-9-23)27(30)25-12-14-26(15-13-25)32-21-24-10-6-3-7-11-24/h2-15,22,31H,16-21H2,1H3/t22-/m0/s1. The Morgan fingerprint density at radius 3 is 2.06 bits per heavy atom. The monoisotopic (exact) mass is 429 g/mol. The van der Waals surface area contributed by atoms with Gasteiger partial charge in [0.25, 0.3) is 0 Å². The molecule has 166 valence electrons. The number of piperidine rings is 1. The van der Waals surface area contributed by atoms with Crippen molar-refractivity contribution in [2.75, 3.05) is 13.1 Å². The Morgan fingerprint density at radius 2 is 1.47 bits per heavy atom. The van der Waals surface area contributed by atoms with Gasteiger partial charge in [0, 0.05) is 25.1 Å². The van der Waals surface area contributed by atoms with Crippen molar-refractivity contribution in [3.63, 3.8) is 0 Å². The first-order valence-corrected chi connectivity index (χ1v) is 11.3. The van der Waals surface area contributed by atoms with E-state index in [1.165, 1.54) is 0 Å². The summed E-state index contributed by atoms with van der Waals surface area (Å²) in [6, 6.07) is 27.3. The van der Waals surface area contributed by atoms with Crippen molar-refractivity contribution >= 4 is 5.78 Å². The third kappa shape index (κ3) is 5.64. The molecule has 1 heterocycles. The summed E-state index contributed by atoms with van der Waals surface area (Å²) < 4.78 is 5.83. The lowest BCUT2D eigenvalue weighted by Gasteiger charge is -2.40. The van der Waals surface area contributed by atoms with E-state index >= 15 is 0 Å².